The van der Waals surface area contributed by atoms with Gasteiger partial charge >= 0.3 is 0 Å². The first kappa shape index (κ1) is 11.2. The molecule has 0 aliphatic heterocycles. The summed E-state index contributed by atoms with van der Waals surface area (Å²) in [5.74, 6) is -0.728. The number of ketones is 2. The van der Waals surface area contributed by atoms with Crippen molar-refractivity contribution in [3.8, 4) is 0 Å². The van der Waals surface area contributed by atoms with Gasteiger partial charge in [-0.05, 0) is 24.1 Å². The van der Waals surface area contributed by atoms with Gasteiger partial charge in [-0.2, -0.15) is 0 Å². The van der Waals surface area contributed by atoms with Crippen molar-refractivity contribution in [3.05, 3.63) is 47.7 Å². The fourth-order valence-corrected chi connectivity index (χ4v) is 2.72. The number of nitrogens with zero attached hydrogens (tertiary/aromatic N) is 2. The molecule has 0 amide bonds. The summed E-state index contributed by atoms with van der Waals surface area (Å²) >= 11 is 0. The predicted octanol–water partition coefficient (Wildman–Crippen LogP) is 2.48. The number of aryl methyl sites for hydroxylation is 1. The first-order valence-corrected chi connectivity index (χ1v) is 6.49. The zero-order valence-electron chi connectivity index (χ0n) is 10.6. The number of hydrogen-bond acceptors (Lipinski definition) is 4. The number of carbonyl (C=O) groups excluding carboxylic acids is 2. The summed E-state index contributed by atoms with van der Waals surface area (Å²) in [6.45, 7) is 0. The molecule has 0 saturated heterocycles. The summed E-state index contributed by atoms with van der Waals surface area (Å²) in [6, 6.07) is 9.58. The van der Waals surface area contributed by atoms with Gasteiger partial charge in [0.15, 0.2) is 5.65 Å². The first-order chi connectivity index (χ1) is 9.74. The van der Waals surface area contributed by atoms with Crippen LogP contribution in [0.4, 0.5) is 0 Å². The maximum Gasteiger partial charge on any atom is 0.229 e. The molecule has 0 atom stereocenters. The second-order valence-corrected chi connectivity index (χ2v) is 4.96. The van der Waals surface area contributed by atoms with Crippen molar-refractivity contribution < 1.29 is 9.59 Å². The third-order valence-electron chi connectivity index (χ3n) is 3.74. The Bertz CT molecular complexity index is 900. The maximum absolute atomic E-state index is 12.2. The van der Waals surface area contributed by atoms with Crippen LogP contribution in [0.15, 0.2) is 36.5 Å². The van der Waals surface area contributed by atoms with E-state index in [2.05, 4.69) is 9.97 Å². The predicted molar refractivity (Wildman–Crippen MR) is 74.7 cm³/mol. The smallest absolute Gasteiger partial charge is 0.229 e. The van der Waals surface area contributed by atoms with Crippen LogP contribution >= 0.6 is 0 Å². The van der Waals surface area contributed by atoms with Crippen LogP contribution in [0.5, 0.6) is 0 Å². The lowest BCUT2D eigenvalue weighted by atomic mass is 9.89. The van der Waals surface area contributed by atoms with Gasteiger partial charge in [0, 0.05) is 29.0 Å². The van der Waals surface area contributed by atoms with E-state index in [-0.39, 0.29) is 12.2 Å². The Balaban J connectivity index is 2.14. The number of Topliss-reactive ketones (excluding diaryl/α,β-unsaturated/α-hetero) is 2. The van der Waals surface area contributed by atoms with E-state index in [0.717, 1.165) is 16.5 Å². The monoisotopic (exact) mass is 262 g/mol. The molecule has 4 rings (SSSR count). The van der Waals surface area contributed by atoms with Gasteiger partial charge in [-0.25, -0.2) is 9.97 Å². The summed E-state index contributed by atoms with van der Waals surface area (Å²) in [5, 5.41) is 1.63. The van der Waals surface area contributed by atoms with E-state index in [1.165, 1.54) is 0 Å². The molecule has 0 radical (unpaired) electrons. The van der Waals surface area contributed by atoms with Gasteiger partial charge in [-0.15, -0.1) is 0 Å². The first-order valence-electron chi connectivity index (χ1n) is 6.49. The average molecular weight is 262 g/mol. The summed E-state index contributed by atoms with van der Waals surface area (Å²) in [7, 11) is 0. The quantitative estimate of drug-likeness (QED) is 0.461. The number of benzene rings is 1. The van der Waals surface area contributed by atoms with Gasteiger partial charge in [0.2, 0.25) is 11.6 Å². The van der Waals surface area contributed by atoms with Crippen molar-refractivity contribution >= 4 is 33.5 Å². The fraction of sp³-hybridized carbons (Fsp3) is 0.125. The number of aromatic nitrogens is 2. The molecule has 0 unspecified atom stereocenters. The molecule has 4 nitrogen and oxygen atoms in total. The molecule has 0 N–H and O–H groups in total. The highest BCUT2D eigenvalue weighted by Gasteiger charge is 2.27. The number of rotatable bonds is 0. The van der Waals surface area contributed by atoms with Crippen molar-refractivity contribution in [1.82, 2.24) is 9.97 Å². The molecule has 2 heterocycles. The summed E-state index contributed by atoms with van der Waals surface area (Å²) < 4.78 is 0. The second-order valence-electron chi connectivity index (χ2n) is 4.96. The van der Waals surface area contributed by atoms with E-state index in [4.69, 9.17) is 0 Å². The van der Waals surface area contributed by atoms with Crippen LogP contribution in [0.25, 0.3) is 21.9 Å². The van der Waals surface area contributed by atoms with Crippen molar-refractivity contribution in [2.75, 3.05) is 0 Å². The summed E-state index contributed by atoms with van der Waals surface area (Å²) in [4.78, 5) is 32.6. The Morgan fingerprint density at radius 2 is 1.90 bits per heavy atom. The van der Waals surface area contributed by atoms with Crippen LogP contribution in [0.2, 0.25) is 0 Å². The summed E-state index contributed by atoms with van der Waals surface area (Å²) in [6.07, 6.45) is 2.53. The van der Waals surface area contributed by atoms with Crippen molar-refractivity contribution in [2.45, 2.75) is 12.8 Å². The van der Waals surface area contributed by atoms with Gasteiger partial charge in [0.1, 0.15) is 0 Å². The van der Waals surface area contributed by atoms with Crippen molar-refractivity contribution in [3.63, 3.8) is 0 Å². The zero-order valence-corrected chi connectivity index (χ0v) is 10.6. The average Bonchev–Trinajstić information content (AvgIpc) is 2.48. The van der Waals surface area contributed by atoms with Gasteiger partial charge in [-0.1, -0.05) is 18.2 Å². The maximum atomic E-state index is 12.2. The molecule has 4 heteroatoms. The van der Waals surface area contributed by atoms with Crippen LogP contribution in [0.3, 0.4) is 0 Å². The molecular formula is C16H10N2O2. The van der Waals surface area contributed by atoms with Crippen LogP contribution in [-0.2, 0) is 11.2 Å². The highest BCUT2D eigenvalue weighted by Crippen LogP contribution is 2.27. The number of carbonyl (C=O) groups is 2. The van der Waals surface area contributed by atoms with Crippen LogP contribution in [0, 0.1) is 0 Å². The van der Waals surface area contributed by atoms with E-state index in [1.54, 1.807) is 6.20 Å². The Labute approximate surface area is 114 Å². The molecule has 1 aromatic carbocycles. The Morgan fingerprint density at radius 3 is 2.80 bits per heavy atom. The molecular weight excluding hydrogens is 252 g/mol. The molecule has 1 aliphatic rings. The van der Waals surface area contributed by atoms with E-state index in [1.807, 2.05) is 30.3 Å². The minimum Gasteiger partial charge on any atom is -0.290 e. The number of pyridine rings is 2. The fourth-order valence-electron chi connectivity index (χ4n) is 2.72. The van der Waals surface area contributed by atoms with E-state index in [0.29, 0.717) is 23.0 Å². The number of para-hydroxylation sites is 1. The lowest BCUT2D eigenvalue weighted by molar-refractivity contribution is -0.115. The lowest BCUT2D eigenvalue weighted by Crippen LogP contribution is -2.22. The van der Waals surface area contributed by atoms with Gasteiger partial charge in [0.05, 0.1) is 5.52 Å². The van der Waals surface area contributed by atoms with Gasteiger partial charge in [-0.3, -0.25) is 9.59 Å². The van der Waals surface area contributed by atoms with Crippen LogP contribution in [-0.4, -0.2) is 21.5 Å². The third kappa shape index (κ3) is 1.48. The zero-order chi connectivity index (χ0) is 13.7. The molecule has 96 valence electrons. The molecule has 0 bridgehead atoms. The van der Waals surface area contributed by atoms with E-state index in [9.17, 15) is 9.59 Å². The standard InChI is InChI=1S/C16H10N2O2/c19-13-6-5-10-8-17-16-11(14(10)15(13)20)7-9-3-1-2-4-12(9)18-16/h1-4,7-8H,5-6H2. The Morgan fingerprint density at radius 1 is 1.05 bits per heavy atom. The topological polar surface area (TPSA) is 59.9 Å². The van der Waals surface area contributed by atoms with Crippen molar-refractivity contribution in [1.29, 1.82) is 0 Å². The normalized spacial score (nSPS) is 14.8. The highest BCUT2D eigenvalue weighted by atomic mass is 16.2. The molecule has 2 aromatic heterocycles. The minimum atomic E-state index is -0.407. The van der Waals surface area contributed by atoms with E-state index >= 15 is 0 Å². The van der Waals surface area contributed by atoms with E-state index < -0.39 is 5.78 Å². The number of hydrogen-bond donors (Lipinski definition) is 0. The third-order valence-corrected chi connectivity index (χ3v) is 3.74. The second kappa shape index (κ2) is 3.93. The van der Waals surface area contributed by atoms with Crippen molar-refractivity contribution in [2.24, 2.45) is 0 Å². The molecule has 20 heavy (non-hydrogen) atoms. The van der Waals surface area contributed by atoms with Crippen LogP contribution < -0.4 is 0 Å². The Kier molecular flexibility index (Phi) is 2.21. The molecule has 0 fully saturated rings. The van der Waals surface area contributed by atoms with Gasteiger partial charge in [0.25, 0.3) is 0 Å². The Hall–Kier alpha value is -2.62. The summed E-state index contributed by atoms with van der Waals surface area (Å²) in [5.41, 5.74) is 2.69. The lowest BCUT2D eigenvalue weighted by Gasteiger charge is -2.15. The SMILES string of the molecule is O=C1CCc2cnc3nc4ccccc4cc3c2C1=O. The molecule has 1 aliphatic carbocycles. The highest BCUT2D eigenvalue weighted by molar-refractivity contribution is 6.46. The minimum absolute atomic E-state index is 0.278. The van der Waals surface area contributed by atoms with Crippen LogP contribution in [0.1, 0.15) is 22.3 Å². The van der Waals surface area contributed by atoms with Gasteiger partial charge < -0.3 is 0 Å². The largest absolute Gasteiger partial charge is 0.290 e. The molecule has 3 aromatic rings. The molecule has 0 saturated carbocycles. The number of fused-ring (bicyclic) bond motifs is 4. The molecule has 0 spiro atoms.